The van der Waals surface area contributed by atoms with Crippen LogP contribution in [-0.2, 0) is 0 Å². The van der Waals surface area contributed by atoms with Crippen molar-refractivity contribution in [2.24, 2.45) is 0 Å². The molecule has 0 saturated heterocycles. The highest BCUT2D eigenvalue weighted by molar-refractivity contribution is 6.14. The van der Waals surface area contributed by atoms with Crippen LogP contribution in [0.5, 0.6) is 0 Å². The van der Waals surface area contributed by atoms with Crippen LogP contribution in [-0.4, -0.2) is 0 Å². The van der Waals surface area contributed by atoms with Gasteiger partial charge in [-0.15, -0.1) is 0 Å². The molecule has 0 aliphatic rings. The third kappa shape index (κ3) is 2.04. The molecule has 0 fully saturated rings. The first-order valence-corrected chi connectivity index (χ1v) is 8.14. The predicted octanol–water partition coefficient (Wildman–Crippen LogP) is 5.44. The first kappa shape index (κ1) is 14.6. The summed E-state index contributed by atoms with van der Waals surface area (Å²) in [7, 11) is 0. The van der Waals surface area contributed by atoms with Gasteiger partial charge < -0.3 is 11.5 Å². The number of hydrogen-bond donors (Lipinski definition) is 2. The lowest BCUT2D eigenvalue weighted by Gasteiger charge is -2.18. The van der Waals surface area contributed by atoms with Crippen LogP contribution in [0.2, 0.25) is 0 Å². The molecule has 0 amide bonds. The molecule has 0 radical (unpaired) electrons. The average Bonchev–Trinajstić information content (AvgIpc) is 2.60. The number of rotatable bonds is 1. The summed E-state index contributed by atoms with van der Waals surface area (Å²) in [5.41, 5.74) is 18.8. The van der Waals surface area contributed by atoms with E-state index < -0.39 is 0 Å². The third-order valence-corrected chi connectivity index (χ3v) is 4.84. The zero-order valence-corrected chi connectivity index (χ0v) is 13.9. The van der Waals surface area contributed by atoms with Gasteiger partial charge in [0.2, 0.25) is 0 Å². The quantitative estimate of drug-likeness (QED) is 0.460. The van der Waals surface area contributed by atoms with E-state index in [9.17, 15) is 0 Å². The molecule has 0 saturated carbocycles. The summed E-state index contributed by atoms with van der Waals surface area (Å²) < 4.78 is 0. The van der Waals surface area contributed by atoms with Crippen molar-refractivity contribution in [1.29, 1.82) is 0 Å². The summed E-state index contributed by atoms with van der Waals surface area (Å²) >= 11 is 0. The minimum absolute atomic E-state index is 0.766. The maximum absolute atomic E-state index is 6.54. The van der Waals surface area contributed by atoms with Crippen molar-refractivity contribution in [3.05, 3.63) is 71.8 Å². The molecule has 0 aliphatic carbocycles. The van der Waals surface area contributed by atoms with Gasteiger partial charge in [0.1, 0.15) is 0 Å². The normalized spacial score (nSPS) is 11.2. The molecule has 0 aromatic heterocycles. The predicted molar refractivity (Wildman–Crippen MR) is 105 cm³/mol. The number of aryl methyl sites for hydroxylation is 1. The molecular formula is C22H20N2. The number of benzene rings is 4. The zero-order valence-electron chi connectivity index (χ0n) is 13.9. The largest absolute Gasteiger partial charge is 0.398 e. The highest BCUT2D eigenvalue weighted by Crippen LogP contribution is 2.43. The van der Waals surface area contributed by atoms with E-state index in [2.05, 4.69) is 55.5 Å². The SMILES string of the molecule is Cc1cc(-c2c(N)c(C)c(N)c3ccccc23)c2ccccc2c1. The van der Waals surface area contributed by atoms with Crippen molar-refractivity contribution in [2.45, 2.75) is 13.8 Å². The Morgan fingerprint density at radius 3 is 2.04 bits per heavy atom. The van der Waals surface area contributed by atoms with Gasteiger partial charge in [0, 0.05) is 22.3 Å². The number of fused-ring (bicyclic) bond motifs is 2. The lowest BCUT2D eigenvalue weighted by molar-refractivity contribution is 1.47. The first-order chi connectivity index (χ1) is 11.6. The first-order valence-electron chi connectivity index (χ1n) is 8.14. The van der Waals surface area contributed by atoms with E-state index in [1.54, 1.807) is 0 Å². The lowest BCUT2D eigenvalue weighted by atomic mass is 9.89. The van der Waals surface area contributed by atoms with Crippen molar-refractivity contribution < 1.29 is 0 Å². The molecule has 4 N–H and O–H groups in total. The van der Waals surface area contributed by atoms with Crippen LogP contribution >= 0.6 is 0 Å². The van der Waals surface area contributed by atoms with Gasteiger partial charge in [-0.05, 0) is 46.7 Å². The molecule has 0 spiro atoms. The standard InChI is InChI=1S/C22H20N2/c1-13-11-15-7-3-4-8-16(15)19(12-13)20-17-9-5-6-10-18(17)21(23)14(2)22(20)24/h3-12H,23-24H2,1-2H3. The van der Waals surface area contributed by atoms with Crippen LogP contribution in [0.1, 0.15) is 11.1 Å². The molecule has 0 atom stereocenters. The van der Waals surface area contributed by atoms with E-state index in [1.165, 1.54) is 21.9 Å². The Bertz CT molecular complexity index is 1090. The van der Waals surface area contributed by atoms with Gasteiger partial charge in [-0.25, -0.2) is 0 Å². The molecule has 2 nitrogen and oxygen atoms in total. The summed E-state index contributed by atoms with van der Waals surface area (Å²) in [6.07, 6.45) is 0. The topological polar surface area (TPSA) is 52.0 Å². The number of hydrogen-bond acceptors (Lipinski definition) is 2. The Labute approximate surface area is 141 Å². The summed E-state index contributed by atoms with van der Waals surface area (Å²) in [5, 5.41) is 4.60. The van der Waals surface area contributed by atoms with Crippen LogP contribution < -0.4 is 11.5 Å². The van der Waals surface area contributed by atoms with E-state index in [4.69, 9.17) is 11.5 Å². The monoisotopic (exact) mass is 312 g/mol. The molecular weight excluding hydrogens is 292 g/mol. The van der Waals surface area contributed by atoms with Gasteiger partial charge in [0.05, 0.1) is 0 Å². The molecule has 2 heteroatoms. The van der Waals surface area contributed by atoms with Crippen molar-refractivity contribution >= 4 is 32.9 Å². The molecule has 118 valence electrons. The third-order valence-electron chi connectivity index (χ3n) is 4.84. The van der Waals surface area contributed by atoms with E-state index in [0.29, 0.717) is 0 Å². The van der Waals surface area contributed by atoms with Crippen molar-refractivity contribution in [3.63, 3.8) is 0 Å². The highest BCUT2D eigenvalue weighted by Gasteiger charge is 2.16. The minimum atomic E-state index is 0.766. The number of nitrogens with two attached hydrogens (primary N) is 2. The smallest absolute Gasteiger partial charge is 0.0450 e. The summed E-state index contributed by atoms with van der Waals surface area (Å²) in [6, 6.07) is 21.1. The van der Waals surface area contributed by atoms with E-state index in [-0.39, 0.29) is 0 Å². The Hall–Kier alpha value is -3.00. The Kier molecular flexibility index (Phi) is 3.20. The Balaban J connectivity index is 2.23. The summed E-state index contributed by atoms with van der Waals surface area (Å²) in [5.74, 6) is 0. The number of anilines is 2. The van der Waals surface area contributed by atoms with Crippen LogP contribution in [0, 0.1) is 13.8 Å². The Morgan fingerprint density at radius 1 is 0.667 bits per heavy atom. The molecule has 24 heavy (non-hydrogen) atoms. The summed E-state index contributed by atoms with van der Waals surface area (Å²) in [6.45, 7) is 4.12. The van der Waals surface area contributed by atoms with E-state index in [1.807, 2.05) is 19.1 Å². The van der Waals surface area contributed by atoms with Crippen molar-refractivity contribution in [2.75, 3.05) is 11.5 Å². The van der Waals surface area contributed by atoms with Crippen LogP contribution in [0.3, 0.4) is 0 Å². The molecule has 0 bridgehead atoms. The Morgan fingerprint density at radius 2 is 1.29 bits per heavy atom. The van der Waals surface area contributed by atoms with Gasteiger partial charge in [-0.2, -0.15) is 0 Å². The fraction of sp³-hybridized carbons (Fsp3) is 0.0909. The van der Waals surface area contributed by atoms with Gasteiger partial charge in [0.25, 0.3) is 0 Å². The summed E-state index contributed by atoms with van der Waals surface area (Å²) in [4.78, 5) is 0. The molecule has 0 unspecified atom stereocenters. The molecule has 4 rings (SSSR count). The second kappa shape index (κ2) is 5.27. The zero-order chi connectivity index (χ0) is 16.8. The maximum Gasteiger partial charge on any atom is 0.0450 e. The van der Waals surface area contributed by atoms with Crippen LogP contribution in [0.4, 0.5) is 11.4 Å². The number of nitrogen functional groups attached to an aromatic ring is 2. The lowest BCUT2D eigenvalue weighted by Crippen LogP contribution is -2.01. The molecule has 0 heterocycles. The molecule has 0 aliphatic heterocycles. The fourth-order valence-corrected chi connectivity index (χ4v) is 3.57. The molecule has 4 aromatic rings. The second-order valence-electron chi connectivity index (χ2n) is 6.41. The van der Waals surface area contributed by atoms with Gasteiger partial charge >= 0.3 is 0 Å². The van der Waals surface area contributed by atoms with Crippen LogP contribution in [0.15, 0.2) is 60.7 Å². The van der Waals surface area contributed by atoms with Crippen LogP contribution in [0.25, 0.3) is 32.7 Å². The van der Waals surface area contributed by atoms with E-state index in [0.717, 1.165) is 33.3 Å². The maximum atomic E-state index is 6.54. The second-order valence-corrected chi connectivity index (χ2v) is 6.41. The average molecular weight is 312 g/mol. The highest BCUT2D eigenvalue weighted by atomic mass is 14.6. The minimum Gasteiger partial charge on any atom is -0.398 e. The molecule has 4 aromatic carbocycles. The van der Waals surface area contributed by atoms with Gasteiger partial charge in [0.15, 0.2) is 0 Å². The van der Waals surface area contributed by atoms with Gasteiger partial charge in [-0.3, -0.25) is 0 Å². The van der Waals surface area contributed by atoms with Crippen molar-refractivity contribution in [3.8, 4) is 11.1 Å². The fourth-order valence-electron chi connectivity index (χ4n) is 3.57. The van der Waals surface area contributed by atoms with Gasteiger partial charge in [-0.1, -0.05) is 60.7 Å². The van der Waals surface area contributed by atoms with E-state index >= 15 is 0 Å². The van der Waals surface area contributed by atoms with Crippen molar-refractivity contribution in [1.82, 2.24) is 0 Å².